The first kappa shape index (κ1) is 17.6. The fraction of sp³-hybridized carbons (Fsp3) is 0.625. The smallest absolute Gasteiger partial charge is 0.217 e. The van der Waals surface area contributed by atoms with Crippen LogP contribution in [0, 0.1) is 17.2 Å². The number of aliphatic hydroxyl groups excluding tert-OH is 1. The Labute approximate surface area is 141 Å². The number of rotatable bonds is 6. The van der Waals surface area contributed by atoms with Crippen LogP contribution in [-0.4, -0.2) is 63.1 Å². The van der Waals surface area contributed by atoms with Gasteiger partial charge in [-0.05, 0) is 36.6 Å². The first-order chi connectivity index (χ1) is 11.5. The van der Waals surface area contributed by atoms with Crippen LogP contribution in [0.15, 0.2) is 24.3 Å². The van der Waals surface area contributed by atoms with Gasteiger partial charge in [0.05, 0.1) is 19.0 Å². The SMILES string of the molecule is O=S(=O)(CCOc1ccc(F)cc1)N1C[C@@H]2CCOC[C@]2(CO)C1. The Balaban J connectivity index is 1.58. The van der Waals surface area contributed by atoms with Gasteiger partial charge in [-0.25, -0.2) is 17.1 Å². The number of hydrogen-bond donors (Lipinski definition) is 1. The first-order valence-electron chi connectivity index (χ1n) is 8.00. The summed E-state index contributed by atoms with van der Waals surface area (Å²) in [5, 5.41) is 9.73. The Morgan fingerprint density at radius 3 is 2.79 bits per heavy atom. The van der Waals surface area contributed by atoms with E-state index in [1.807, 2.05) is 0 Å². The summed E-state index contributed by atoms with van der Waals surface area (Å²) in [4.78, 5) is 0. The largest absolute Gasteiger partial charge is 0.492 e. The average molecular weight is 359 g/mol. The van der Waals surface area contributed by atoms with E-state index >= 15 is 0 Å². The van der Waals surface area contributed by atoms with E-state index in [4.69, 9.17) is 9.47 Å². The number of aliphatic hydroxyl groups is 1. The highest BCUT2D eigenvalue weighted by Gasteiger charge is 2.50. The number of hydrogen-bond acceptors (Lipinski definition) is 5. The molecular weight excluding hydrogens is 337 g/mol. The molecule has 2 atom stereocenters. The van der Waals surface area contributed by atoms with Gasteiger partial charge in [-0.3, -0.25) is 0 Å². The Kier molecular flexibility index (Phi) is 5.10. The van der Waals surface area contributed by atoms with Crippen LogP contribution < -0.4 is 4.74 Å². The van der Waals surface area contributed by atoms with Crippen LogP contribution in [-0.2, 0) is 14.8 Å². The molecule has 8 heteroatoms. The Hall–Kier alpha value is -1.22. The molecule has 0 spiro atoms. The zero-order valence-electron chi connectivity index (χ0n) is 13.4. The van der Waals surface area contributed by atoms with E-state index in [1.54, 1.807) is 0 Å². The zero-order chi connectivity index (χ0) is 17.2. The van der Waals surface area contributed by atoms with Gasteiger partial charge >= 0.3 is 0 Å². The molecule has 24 heavy (non-hydrogen) atoms. The molecule has 2 heterocycles. The number of sulfonamides is 1. The third kappa shape index (κ3) is 3.56. The van der Waals surface area contributed by atoms with Crippen LogP contribution in [0.4, 0.5) is 4.39 Å². The highest BCUT2D eigenvalue weighted by molar-refractivity contribution is 7.89. The Bertz CT molecular complexity index is 666. The minimum absolute atomic E-state index is 0.00222. The standard InChI is InChI=1S/C16H22FNO5S/c17-14-1-3-15(4-2-14)23-7-8-24(20,21)18-9-13-5-6-22-12-16(13,10-18)11-19/h1-4,13,19H,5-12H2/t13-,16+/m0/s1. The van der Waals surface area contributed by atoms with Crippen molar-refractivity contribution in [3.8, 4) is 5.75 Å². The maximum absolute atomic E-state index is 12.8. The van der Waals surface area contributed by atoms with Crippen molar-refractivity contribution in [2.75, 3.05) is 45.3 Å². The van der Waals surface area contributed by atoms with E-state index in [2.05, 4.69) is 0 Å². The predicted molar refractivity (Wildman–Crippen MR) is 85.7 cm³/mol. The molecular formula is C16H22FNO5S. The van der Waals surface area contributed by atoms with Gasteiger partial charge in [-0.15, -0.1) is 0 Å². The van der Waals surface area contributed by atoms with Crippen molar-refractivity contribution in [3.05, 3.63) is 30.1 Å². The fourth-order valence-corrected chi connectivity index (χ4v) is 4.82. The van der Waals surface area contributed by atoms with E-state index in [0.29, 0.717) is 25.5 Å². The van der Waals surface area contributed by atoms with Crippen LogP contribution in [0.5, 0.6) is 5.75 Å². The van der Waals surface area contributed by atoms with Crippen molar-refractivity contribution in [3.63, 3.8) is 0 Å². The van der Waals surface area contributed by atoms with E-state index in [1.165, 1.54) is 28.6 Å². The minimum atomic E-state index is -3.48. The van der Waals surface area contributed by atoms with Crippen molar-refractivity contribution in [2.45, 2.75) is 6.42 Å². The maximum atomic E-state index is 12.8. The molecule has 0 saturated carbocycles. The van der Waals surface area contributed by atoms with Gasteiger partial charge in [0, 0.05) is 25.1 Å². The molecule has 0 unspecified atom stereocenters. The molecule has 2 aliphatic rings. The molecule has 2 aliphatic heterocycles. The predicted octanol–water partition coefficient (Wildman–Crippen LogP) is 0.865. The zero-order valence-corrected chi connectivity index (χ0v) is 14.2. The van der Waals surface area contributed by atoms with Gasteiger partial charge in [-0.1, -0.05) is 0 Å². The van der Waals surface area contributed by atoms with Gasteiger partial charge in [-0.2, -0.15) is 0 Å². The van der Waals surface area contributed by atoms with Crippen molar-refractivity contribution in [1.29, 1.82) is 0 Å². The molecule has 3 rings (SSSR count). The topological polar surface area (TPSA) is 76.1 Å². The summed E-state index contributed by atoms with van der Waals surface area (Å²) in [7, 11) is -3.48. The average Bonchev–Trinajstić information content (AvgIpc) is 2.98. The molecule has 1 aromatic rings. The second kappa shape index (κ2) is 6.95. The summed E-state index contributed by atoms with van der Waals surface area (Å²) in [6.07, 6.45) is 0.763. The summed E-state index contributed by atoms with van der Waals surface area (Å²) in [5.74, 6) is 0.0385. The third-order valence-electron chi connectivity index (χ3n) is 4.91. The minimum Gasteiger partial charge on any atom is -0.492 e. The summed E-state index contributed by atoms with van der Waals surface area (Å²) in [6, 6.07) is 5.45. The van der Waals surface area contributed by atoms with Crippen molar-refractivity contribution in [2.24, 2.45) is 11.3 Å². The van der Waals surface area contributed by atoms with Crippen LogP contribution in [0.1, 0.15) is 6.42 Å². The third-order valence-corrected chi connectivity index (χ3v) is 6.66. The van der Waals surface area contributed by atoms with E-state index < -0.39 is 15.4 Å². The van der Waals surface area contributed by atoms with Gasteiger partial charge < -0.3 is 14.6 Å². The van der Waals surface area contributed by atoms with Gasteiger partial charge in [0.15, 0.2) is 0 Å². The lowest BCUT2D eigenvalue weighted by molar-refractivity contribution is -0.0552. The second-order valence-electron chi connectivity index (χ2n) is 6.47. The second-order valence-corrected chi connectivity index (χ2v) is 8.56. The lowest BCUT2D eigenvalue weighted by Gasteiger charge is -2.36. The molecule has 0 amide bonds. The van der Waals surface area contributed by atoms with Gasteiger partial charge in [0.1, 0.15) is 18.2 Å². The summed E-state index contributed by atoms with van der Waals surface area (Å²) < 4.78 is 50.2. The number of fused-ring (bicyclic) bond motifs is 1. The molecule has 6 nitrogen and oxygen atoms in total. The maximum Gasteiger partial charge on any atom is 0.217 e. The van der Waals surface area contributed by atoms with Crippen molar-refractivity contribution < 1.29 is 27.4 Å². The lowest BCUT2D eigenvalue weighted by atomic mass is 9.76. The normalized spacial score (nSPS) is 27.8. The van der Waals surface area contributed by atoms with Crippen molar-refractivity contribution >= 4 is 10.0 Å². The molecule has 0 aromatic heterocycles. The molecule has 2 saturated heterocycles. The van der Waals surface area contributed by atoms with Crippen LogP contribution in [0.25, 0.3) is 0 Å². The molecule has 0 radical (unpaired) electrons. The number of benzene rings is 1. The van der Waals surface area contributed by atoms with Crippen molar-refractivity contribution in [1.82, 2.24) is 4.31 Å². The van der Waals surface area contributed by atoms with Crippen LogP contribution in [0.3, 0.4) is 0 Å². The highest BCUT2D eigenvalue weighted by atomic mass is 32.2. The summed E-state index contributed by atoms with van der Waals surface area (Å²) >= 11 is 0. The molecule has 2 fully saturated rings. The Morgan fingerprint density at radius 1 is 1.38 bits per heavy atom. The molecule has 0 bridgehead atoms. The quantitative estimate of drug-likeness (QED) is 0.816. The van der Waals surface area contributed by atoms with Gasteiger partial charge in [0.25, 0.3) is 0 Å². The summed E-state index contributed by atoms with van der Waals surface area (Å²) in [5.41, 5.74) is -0.483. The molecule has 1 aromatic carbocycles. The highest BCUT2D eigenvalue weighted by Crippen LogP contribution is 2.41. The molecule has 0 aliphatic carbocycles. The number of nitrogens with zero attached hydrogens (tertiary/aromatic N) is 1. The molecule has 134 valence electrons. The van der Waals surface area contributed by atoms with Crippen LogP contribution >= 0.6 is 0 Å². The molecule has 1 N–H and O–H groups in total. The lowest BCUT2D eigenvalue weighted by Crippen LogP contribution is -2.43. The Morgan fingerprint density at radius 2 is 2.12 bits per heavy atom. The monoisotopic (exact) mass is 359 g/mol. The van der Waals surface area contributed by atoms with E-state index in [-0.39, 0.29) is 37.2 Å². The number of halogens is 1. The first-order valence-corrected chi connectivity index (χ1v) is 9.61. The fourth-order valence-electron chi connectivity index (χ4n) is 3.41. The van der Waals surface area contributed by atoms with E-state index in [9.17, 15) is 17.9 Å². The van der Waals surface area contributed by atoms with Gasteiger partial charge in [0.2, 0.25) is 10.0 Å². The van der Waals surface area contributed by atoms with Crippen LogP contribution in [0.2, 0.25) is 0 Å². The number of ether oxygens (including phenoxy) is 2. The summed E-state index contributed by atoms with van der Waals surface area (Å²) in [6.45, 7) is 1.63. The van der Waals surface area contributed by atoms with E-state index in [0.717, 1.165) is 6.42 Å².